The summed E-state index contributed by atoms with van der Waals surface area (Å²) in [5.74, 6) is 0. The molecule has 5 heavy (non-hydrogen) atoms. The molecule has 0 heterocycles. The first-order chi connectivity index (χ1) is 1.73. The maximum Gasteiger partial charge on any atom is 0.692 e. The van der Waals surface area contributed by atoms with Gasteiger partial charge < -0.3 is 0 Å². The van der Waals surface area contributed by atoms with Crippen LogP contribution in [0.15, 0.2) is 0 Å². The van der Waals surface area contributed by atoms with E-state index in [1.165, 1.54) is 0 Å². The summed E-state index contributed by atoms with van der Waals surface area (Å²) in [6, 6.07) is 0. The van der Waals surface area contributed by atoms with E-state index in [1.54, 1.807) is 0 Å². The van der Waals surface area contributed by atoms with Gasteiger partial charge in [-0.2, -0.15) is 0 Å². The van der Waals surface area contributed by atoms with Gasteiger partial charge in [-0.1, -0.05) is 0 Å². The molecule has 0 bridgehead atoms. The average Bonchev–Trinajstić information content (AvgIpc) is 0.811. The third-order valence-corrected chi connectivity index (χ3v) is 0. The molecule has 0 spiro atoms. The van der Waals surface area contributed by atoms with Crippen LogP contribution in [0, 0.1) is 0 Å². The molecule has 0 aliphatic heterocycles. The first-order valence-electron chi connectivity index (χ1n) is 0.583. The van der Waals surface area contributed by atoms with Crippen molar-refractivity contribution in [1.29, 1.82) is 0 Å². The topological polar surface area (TPSA) is 57.5 Å². The van der Waals surface area contributed by atoms with Crippen molar-refractivity contribution in [3.05, 3.63) is 0 Å². The van der Waals surface area contributed by atoms with Crippen molar-refractivity contribution >= 4 is 8.25 Å². The van der Waals surface area contributed by atoms with E-state index in [-0.39, 0.29) is 19.5 Å². The Morgan fingerprint density at radius 3 is 1.40 bits per heavy atom. The summed E-state index contributed by atoms with van der Waals surface area (Å²) in [4.78, 5) is 14.2. The van der Waals surface area contributed by atoms with Gasteiger partial charge in [0.1, 0.15) is 0 Å². The van der Waals surface area contributed by atoms with Crippen molar-refractivity contribution < 1.29 is 33.8 Å². The van der Waals surface area contributed by atoms with Crippen LogP contribution in [0.2, 0.25) is 0 Å². The van der Waals surface area contributed by atoms with Crippen LogP contribution in [-0.4, -0.2) is 9.79 Å². The maximum absolute atomic E-state index is 8.70. The predicted octanol–water partition coefficient (Wildman–Crippen LogP) is -0.374. The first kappa shape index (κ1) is 9.17. The standard InChI is InChI=1S/HO3P.Rh/c1-4(2)3;/h(H-,1,2,3);/p+1. The quantitative estimate of drug-likeness (QED) is 0.398. The molecule has 0 rings (SSSR count). The zero-order valence-corrected chi connectivity index (χ0v) is 4.62. The van der Waals surface area contributed by atoms with Crippen LogP contribution in [0.1, 0.15) is 0 Å². The van der Waals surface area contributed by atoms with Crippen LogP contribution in [0.5, 0.6) is 0 Å². The molecule has 0 aromatic rings. The Morgan fingerprint density at radius 2 is 1.40 bits per heavy atom. The van der Waals surface area contributed by atoms with Crippen molar-refractivity contribution in [3.8, 4) is 0 Å². The minimum absolute atomic E-state index is 0. The predicted molar refractivity (Wildman–Crippen MR) is 12.0 cm³/mol. The second-order valence-electron chi connectivity index (χ2n) is 0.253. The molecule has 0 saturated carbocycles. The molecule has 0 amide bonds. The molecule has 0 aromatic heterocycles. The SMILES string of the molecule is O=[P+](O)O.[Rh]. The summed E-state index contributed by atoms with van der Waals surface area (Å²) in [5.41, 5.74) is 0. The Kier molecular flexibility index (Phi) is 8.51. The Labute approximate surface area is 42.7 Å². The smallest absolute Gasteiger partial charge is 0.134 e. The average molecular weight is 184 g/mol. The van der Waals surface area contributed by atoms with E-state index in [4.69, 9.17) is 14.4 Å². The molecule has 0 fully saturated rings. The monoisotopic (exact) mass is 184 g/mol. The Balaban J connectivity index is 0. The van der Waals surface area contributed by atoms with Crippen LogP contribution in [0.3, 0.4) is 0 Å². The number of rotatable bonds is 0. The Hall–Kier alpha value is 0.643. The largest absolute Gasteiger partial charge is 0.692 e. The summed E-state index contributed by atoms with van der Waals surface area (Å²) < 4.78 is 8.70. The minimum atomic E-state index is -2.87. The fourth-order valence-corrected chi connectivity index (χ4v) is 0. The summed E-state index contributed by atoms with van der Waals surface area (Å²) in [5, 5.41) is 0. The van der Waals surface area contributed by atoms with Crippen molar-refractivity contribution in [1.82, 2.24) is 0 Å². The fourth-order valence-electron chi connectivity index (χ4n) is 0. The van der Waals surface area contributed by atoms with Gasteiger partial charge in [0.05, 0.1) is 0 Å². The van der Waals surface area contributed by atoms with E-state index < -0.39 is 8.25 Å². The second kappa shape index (κ2) is 4.64. The molecule has 0 atom stereocenters. The molecule has 2 N–H and O–H groups in total. The molecular formula is H2O3PRh+. The van der Waals surface area contributed by atoms with Crippen molar-refractivity contribution in [2.24, 2.45) is 0 Å². The third kappa shape index (κ3) is 78.4. The van der Waals surface area contributed by atoms with Gasteiger partial charge in [0.15, 0.2) is 0 Å². The van der Waals surface area contributed by atoms with Crippen molar-refractivity contribution in [2.45, 2.75) is 0 Å². The van der Waals surface area contributed by atoms with Crippen LogP contribution < -0.4 is 0 Å². The normalized spacial score (nSPS) is 5.20. The molecule has 0 aliphatic rings. The van der Waals surface area contributed by atoms with Gasteiger partial charge >= 0.3 is 8.25 Å². The molecular weight excluding hydrogens is 182 g/mol. The van der Waals surface area contributed by atoms with Crippen molar-refractivity contribution in [2.75, 3.05) is 0 Å². The molecule has 0 aromatic carbocycles. The molecule has 0 saturated heterocycles. The van der Waals surface area contributed by atoms with Gasteiger partial charge in [-0.05, 0) is 0 Å². The maximum atomic E-state index is 8.70. The molecule has 0 aliphatic carbocycles. The zero-order valence-electron chi connectivity index (χ0n) is 2.08. The minimum Gasteiger partial charge on any atom is -0.134 e. The summed E-state index contributed by atoms with van der Waals surface area (Å²) in [6.45, 7) is 0. The molecule has 5 heteroatoms. The van der Waals surface area contributed by atoms with Crippen LogP contribution in [-0.2, 0) is 24.0 Å². The van der Waals surface area contributed by atoms with Crippen molar-refractivity contribution in [3.63, 3.8) is 0 Å². The van der Waals surface area contributed by atoms with Gasteiger partial charge in [0.25, 0.3) is 0 Å². The molecule has 3 nitrogen and oxygen atoms in total. The van der Waals surface area contributed by atoms with Gasteiger partial charge in [-0.15, -0.1) is 9.79 Å². The van der Waals surface area contributed by atoms with Gasteiger partial charge in [-0.25, -0.2) is 0 Å². The summed E-state index contributed by atoms with van der Waals surface area (Å²) in [7, 11) is -2.87. The second-order valence-corrected chi connectivity index (χ2v) is 0.758. The number of hydrogen-bond acceptors (Lipinski definition) is 1. The zero-order chi connectivity index (χ0) is 3.58. The Bertz CT molecular complexity index is 29.9. The fraction of sp³-hybridized carbons (Fsp3) is 0. The van der Waals surface area contributed by atoms with Gasteiger partial charge in [0.2, 0.25) is 0 Å². The van der Waals surface area contributed by atoms with E-state index in [0.29, 0.717) is 0 Å². The van der Waals surface area contributed by atoms with E-state index in [0.717, 1.165) is 0 Å². The van der Waals surface area contributed by atoms with E-state index in [9.17, 15) is 0 Å². The van der Waals surface area contributed by atoms with Crippen LogP contribution >= 0.6 is 8.25 Å². The van der Waals surface area contributed by atoms with Gasteiger partial charge in [0, 0.05) is 24.0 Å². The van der Waals surface area contributed by atoms with Crippen LogP contribution in [0.25, 0.3) is 0 Å². The van der Waals surface area contributed by atoms with Crippen LogP contribution in [0.4, 0.5) is 0 Å². The molecule has 1 radical (unpaired) electrons. The van der Waals surface area contributed by atoms with Gasteiger partial charge in [-0.3, -0.25) is 0 Å². The summed E-state index contributed by atoms with van der Waals surface area (Å²) >= 11 is 0. The van der Waals surface area contributed by atoms with E-state index in [1.807, 2.05) is 0 Å². The molecule has 0 unspecified atom stereocenters. The first-order valence-corrected chi connectivity index (χ1v) is 1.75. The van der Waals surface area contributed by atoms with E-state index >= 15 is 0 Å². The molecule has 33 valence electrons. The van der Waals surface area contributed by atoms with E-state index in [2.05, 4.69) is 0 Å². The Morgan fingerprint density at radius 1 is 1.40 bits per heavy atom. The third-order valence-electron chi connectivity index (χ3n) is 0. The summed E-state index contributed by atoms with van der Waals surface area (Å²) in [6.07, 6.45) is 0. The number of hydrogen-bond donors (Lipinski definition) is 2.